The minimum atomic E-state index is -1.22. The molecule has 1 saturated heterocycles. The van der Waals surface area contributed by atoms with Crippen LogP contribution in [-0.2, 0) is 10.3 Å². The van der Waals surface area contributed by atoms with Crippen molar-refractivity contribution in [2.24, 2.45) is 5.73 Å². The summed E-state index contributed by atoms with van der Waals surface area (Å²) in [5.74, 6) is -1.54. The van der Waals surface area contributed by atoms with Gasteiger partial charge in [-0.3, -0.25) is 9.69 Å². The second-order valence-electron chi connectivity index (χ2n) is 7.88. The number of amides is 1. The van der Waals surface area contributed by atoms with Crippen LogP contribution < -0.4 is 11.1 Å². The number of carbonyl (C=O) groups is 1. The Kier molecular flexibility index (Phi) is 5.81. The molecule has 30 heavy (non-hydrogen) atoms. The first-order valence-corrected chi connectivity index (χ1v) is 10.8. The van der Waals surface area contributed by atoms with Gasteiger partial charge in [0.25, 0.3) is 0 Å². The Morgan fingerprint density at radius 3 is 2.77 bits per heavy atom. The number of aliphatic hydroxyl groups is 1. The van der Waals surface area contributed by atoms with Gasteiger partial charge in [-0.15, -0.1) is 0 Å². The molecule has 1 spiro atoms. The number of rotatable bonds is 5. The molecule has 2 aliphatic rings. The molecule has 2 aromatic rings. The lowest BCUT2D eigenvalue weighted by atomic mass is 9.73. The first-order valence-electron chi connectivity index (χ1n) is 10.1. The zero-order chi connectivity index (χ0) is 21.6. The molecule has 2 aliphatic heterocycles. The van der Waals surface area contributed by atoms with Crippen LogP contribution in [-0.4, -0.2) is 41.1 Å². The molecular weight excluding hydrogens is 428 g/mol. The number of fused-ring (bicyclic) bond motifs is 2. The monoisotopic (exact) mass is 451 g/mol. The van der Waals surface area contributed by atoms with E-state index in [1.165, 1.54) is 6.07 Å². The van der Waals surface area contributed by atoms with Crippen molar-refractivity contribution in [3.63, 3.8) is 0 Å². The normalized spacial score (nSPS) is 28.2. The first-order chi connectivity index (χ1) is 14.4. The van der Waals surface area contributed by atoms with E-state index in [0.29, 0.717) is 34.8 Å². The number of aliphatic hydroxyl groups excluding tert-OH is 1. The standard InChI is InChI=1S/C22H24Cl2FN3O2/c1-2-9-28-17(8-10-29)20(26)18(13-4-3-5-15(24)19(13)25)22(28)14-7-6-12(23)11-16(14)27-21(22)30/h3-7,11,17-18,20,29H,2,8-10,26H2,1H3,(H,27,30)/t17-,18-,20+,22+/m0/s1. The highest BCUT2D eigenvalue weighted by Crippen LogP contribution is 2.57. The van der Waals surface area contributed by atoms with E-state index in [1.54, 1.807) is 24.3 Å². The summed E-state index contributed by atoms with van der Waals surface area (Å²) in [7, 11) is 0. The van der Waals surface area contributed by atoms with Gasteiger partial charge in [0, 0.05) is 40.9 Å². The largest absolute Gasteiger partial charge is 0.396 e. The molecule has 2 aromatic carbocycles. The number of anilines is 1. The van der Waals surface area contributed by atoms with Crippen LogP contribution in [0.2, 0.25) is 10.0 Å². The highest BCUT2D eigenvalue weighted by molar-refractivity contribution is 6.31. The van der Waals surface area contributed by atoms with Crippen LogP contribution in [0.25, 0.3) is 0 Å². The second-order valence-corrected chi connectivity index (χ2v) is 8.73. The second kappa shape index (κ2) is 8.09. The number of hydrogen-bond donors (Lipinski definition) is 3. The van der Waals surface area contributed by atoms with Crippen molar-refractivity contribution in [3.8, 4) is 0 Å². The van der Waals surface area contributed by atoms with E-state index in [-0.39, 0.29) is 23.6 Å². The van der Waals surface area contributed by atoms with E-state index in [9.17, 15) is 9.90 Å². The fourth-order valence-electron chi connectivity index (χ4n) is 5.29. The molecule has 0 aliphatic carbocycles. The molecule has 2 heterocycles. The van der Waals surface area contributed by atoms with E-state index >= 15 is 4.39 Å². The quantitative estimate of drug-likeness (QED) is 0.644. The molecule has 1 amide bonds. The average Bonchev–Trinajstić information content (AvgIpc) is 3.11. The van der Waals surface area contributed by atoms with Gasteiger partial charge < -0.3 is 16.2 Å². The fraction of sp³-hybridized carbons (Fsp3) is 0.409. The molecule has 0 bridgehead atoms. The van der Waals surface area contributed by atoms with Crippen LogP contribution in [0.3, 0.4) is 0 Å². The van der Waals surface area contributed by atoms with Crippen molar-refractivity contribution in [3.05, 3.63) is 63.4 Å². The van der Waals surface area contributed by atoms with Gasteiger partial charge in [0.2, 0.25) is 5.91 Å². The molecule has 5 nitrogen and oxygen atoms in total. The summed E-state index contributed by atoms with van der Waals surface area (Å²) >= 11 is 12.3. The highest BCUT2D eigenvalue weighted by atomic mass is 35.5. The van der Waals surface area contributed by atoms with Crippen molar-refractivity contribution >= 4 is 34.8 Å². The van der Waals surface area contributed by atoms with Crippen LogP contribution in [0.15, 0.2) is 36.4 Å². The summed E-state index contributed by atoms with van der Waals surface area (Å²) in [6.07, 6.45) is 1.13. The lowest BCUT2D eigenvalue weighted by Crippen LogP contribution is -2.52. The zero-order valence-electron chi connectivity index (χ0n) is 16.5. The SMILES string of the molecule is CCCN1[C@@H](CCO)[C@@H](N)[C@H](c2cccc(Cl)c2F)[C@]12C(=O)Nc1cc(Cl)ccc12. The summed E-state index contributed by atoms with van der Waals surface area (Å²) in [6.45, 7) is 2.49. The van der Waals surface area contributed by atoms with E-state index in [4.69, 9.17) is 28.9 Å². The number of nitrogens with zero attached hydrogens (tertiary/aromatic N) is 1. The molecule has 4 rings (SSSR count). The van der Waals surface area contributed by atoms with Crippen molar-refractivity contribution in [1.29, 1.82) is 0 Å². The van der Waals surface area contributed by atoms with Gasteiger partial charge in [0.1, 0.15) is 11.4 Å². The number of likely N-dealkylation sites (tertiary alicyclic amines) is 1. The van der Waals surface area contributed by atoms with E-state index in [0.717, 1.165) is 6.42 Å². The van der Waals surface area contributed by atoms with Crippen LogP contribution in [0, 0.1) is 5.82 Å². The van der Waals surface area contributed by atoms with Gasteiger partial charge in [0.05, 0.1) is 5.02 Å². The van der Waals surface area contributed by atoms with Crippen LogP contribution >= 0.6 is 23.2 Å². The minimum Gasteiger partial charge on any atom is -0.396 e. The Morgan fingerprint density at radius 1 is 1.30 bits per heavy atom. The highest BCUT2D eigenvalue weighted by Gasteiger charge is 2.65. The number of benzene rings is 2. The molecular formula is C22H24Cl2FN3O2. The molecule has 1 fully saturated rings. The molecule has 8 heteroatoms. The number of hydrogen-bond acceptors (Lipinski definition) is 4. The van der Waals surface area contributed by atoms with Gasteiger partial charge in [-0.1, -0.05) is 48.3 Å². The third-order valence-electron chi connectivity index (χ3n) is 6.33. The van der Waals surface area contributed by atoms with Crippen LogP contribution in [0.4, 0.5) is 10.1 Å². The number of nitrogens with two attached hydrogens (primary N) is 1. The maximum Gasteiger partial charge on any atom is 0.250 e. The predicted molar refractivity (Wildman–Crippen MR) is 116 cm³/mol. The Bertz CT molecular complexity index is 989. The predicted octanol–water partition coefficient (Wildman–Crippen LogP) is 3.87. The summed E-state index contributed by atoms with van der Waals surface area (Å²) in [4.78, 5) is 15.7. The molecule has 0 aromatic heterocycles. The van der Waals surface area contributed by atoms with Gasteiger partial charge in [-0.05, 0) is 43.1 Å². The maximum absolute atomic E-state index is 15.2. The summed E-state index contributed by atoms with van der Waals surface area (Å²) in [5, 5.41) is 13.1. The number of nitrogens with one attached hydrogen (secondary N) is 1. The maximum atomic E-state index is 15.2. The van der Waals surface area contributed by atoms with Gasteiger partial charge in [-0.2, -0.15) is 0 Å². The van der Waals surface area contributed by atoms with Crippen molar-refractivity contribution < 1.29 is 14.3 Å². The lowest BCUT2D eigenvalue weighted by Gasteiger charge is -2.39. The van der Waals surface area contributed by atoms with Crippen molar-refractivity contribution in [1.82, 2.24) is 4.90 Å². The molecule has 0 unspecified atom stereocenters. The van der Waals surface area contributed by atoms with Crippen molar-refractivity contribution in [2.75, 3.05) is 18.5 Å². The Balaban J connectivity index is 2.02. The molecule has 0 radical (unpaired) electrons. The third-order valence-corrected chi connectivity index (χ3v) is 6.85. The molecule has 0 saturated carbocycles. The average molecular weight is 452 g/mol. The number of halogens is 3. The Labute approximate surface area is 185 Å². The summed E-state index contributed by atoms with van der Waals surface area (Å²) in [6, 6.07) is 9.11. The van der Waals surface area contributed by atoms with E-state index in [1.807, 2.05) is 17.9 Å². The third kappa shape index (κ3) is 2.97. The molecule has 160 valence electrons. The minimum absolute atomic E-state index is 0.0164. The van der Waals surface area contributed by atoms with Gasteiger partial charge in [-0.25, -0.2) is 4.39 Å². The molecule has 4 atom stereocenters. The zero-order valence-corrected chi connectivity index (χ0v) is 18.1. The fourth-order valence-corrected chi connectivity index (χ4v) is 5.65. The summed E-state index contributed by atoms with van der Waals surface area (Å²) < 4.78 is 15.2. The molecule has 4 N–H and O–H groups in total. The van der Waals surface area contributed by atoms with Crippen molar-refractivity contribution in [2.45, 2.75) is 43.3 Å². The van der Waals surface area contributed by atoms with E-state index < -0.39 is 23.3 Å². The van der Waals surface area contributed by atoms with Crippen LogP contribution in [0.1, 0.15) is 36.8 Å². The smallest absolute Gasteiger partial charge is 0.250 e. The van der Waals surface area contributed by atoms with Crippen LogP contribution in [0.5, 0.6) is 0 Å². The first kappa shape index (κ1) is 21.5. The lowest BCUT2D eigenvalue weighted by molar-refractivity contribution is -0.128. The Hall–Kier alpha value is -1.70. The van der Waals surface area contributed by atoms with Gasteiger partial charge >= 0.3 is 0 Å². The van der Waals surface area contributed by atoms with Gasteiger partial charge in [0.15, 0.2) is 0 Å². The van der Waals surface area contributed by atoms with E-state index in [2.05, 4.69) is 5.32 Å². The Morgan fingerprint density at radius 2 is 2.07 bits per heavy atom. The number of carbonyl (C=O) groups excluding carboxylic acids is 1. The topological polar surface area (TPSA) is 78.6 Å². The summed E-state index contributed by atoms with van der Waals surface area (Å²) in [5.41, 5.74) is 7.10.